The highest BCUT2D eigenvalue weighted by atomic mass is 35.5. The molecule has 1 aromatic carbocycles. The van der Waals surface area contributed by atoms with Gasteiger partial charge in [-0.05, 0) is 31.0 Å². The van der Waals surface area contributed by atoms with Gasteiger partial charge >= 0.3 is 0 Å². The average molecular weight is 337 g/mol. The minimum absolute atomic E-state index is 0.0696. The number of aliphatic hydroxyl groups is 1. The van der Waals surface area contributed by atoms with E-state index in [2.05, 4.69) is 22.7 Å². The van der Waals surface area contributed by atoms with E-state index in [1.165, 1.54) is 5.56 Å². The second-order valence-electron chi connectivity index (χ2n) is 5.38. The van der Waals surface area contributed by atoms with Crippen LogP contribution in [0.3, 0.4) is 0 Å². The molecule has 0 bridgehead atoms. The Bertz CT molecular complexity index is 627. The number of hydrogen-bond donors (Lipinski definition) is 3. The van der Waals surface area contributed by atoms with Gasteiger partial charge in [0.2, 0.25) is 5.91 Å². The van der Waals surface area contributed by atoms with Crippen LogP contribution in [-0.2, 0) is 17.8 Å². The maximum atomic E-state index is 11.6. The maximum Gasteiger partial charge on any atom is 0.241 e. The standard InChI is InChI=1S/C16H21ClN4O2/c1-12(8-13-2-4-14(17)5-3-13)20-15-9-19-21(10-15)11-16(23)18-6-7-22/h2-5,9-10,12,20,22H,6-8,11H2,1H3,(H,18,23). The van der Waals surface area contributed by atoms with E-state index in [1.54, 1.807) is 17.1 Å². The highest BCUT2D eigenvalue weighted by Crippen LogP contribution is 2.13. The van der Waals surface area contributed by atoms with Crippen LogP contribution in [0.2, 0.25) is 5.02 Å². The number of nitrogens with one attached hydrogen (secondary N) is 2. The normalized spacial score (nSPS) is 12.0. The Morgan fingerprint density at radius 1 is 1.39 bits per heavy atom. The monoisotopic (exact) mass is 336 g/mol. The first-order valence-corrected chi connectivity index (χ1v) is 7.85. The van der Waals surface area contributed by atoms with E-state index < -0.39 is 0 Å². The van der Waals surface area contributed by atoms with Crippen molar-refractivity contribution in [3.8, 4) is 0 Å². The predicted octanol–water partition coefficient (Wildman–Crippen LogP) is 1.69. The first-order valence-electron chi connectivity index (χ1n) is 7.48. The van der Waals surface area contributed by atoms with Crippen molar-refractivity contribution in [3.63, 3.8) is 0 Å². The highest BCUT2D eigenvalue weighted by Gasteiger charge is 2.07. The molecule has 0 fully saturated rings. The zero-order valence-corrected chi connectivity index (χ0v) is 13.8. The van der Waals surface area contributed by atoms with Gasteiger partial charge in [-0.2, -0.15) is 5.10 Å². The fourth-order valence-corrected chi connectivity index (χ4v) is 2.36. The smallest absolute Gasteiger partial charge is 0.241 e. The van der Waals surface area contributed by atoms with Gasteiger partial charge in [-0.1, -0.05) is 23.7 Å². The molecule has 0 spiro atoms. The number of rotatable bonds is 8. The molecule has 1 aromatic heterocycles. The molecule has 0 radical (unpaired) electrons. The number of benzene rings is 1. The summed E-state index contributed by atoms with van der Waals surface area (Å²) in [6, 6.07) is 8.00. The lowest BCUT2D eigenvalue weighted by atomic mass is 10.1. The molecule has 2 aromatic rings. The molecule has 1 unspecified atom stereocenters. The Balaban J connectivity index is 1.83. The van der Waals surface area contributed by atoms with Crippen LogP contribution in [0, 0.1) is 0 Å². The van der Waals surface area contributed by atoms with Crippen molar-refractivity contribution in [1.82, 2.24) is 15.1 Å². The van der Waals surface area contributed by atoms with E-state index in [-0.39, 0.29) is 31.6 Å². The Labute approximate surface area is 140 Å². The summed E-state index contributed by atoms with van der Waals surface area (Å²) in [7, 11) is 0. The van der Waals surface area contributed by atoms with E-state index >= 15 is 0 Å². The molecule has 0 aliphatic heterocycles. The van der Waals surface area contributed by atoms with Crippen molar-refractivity contribution in [2.45, 2.75) is 25.9 Å². The number of carbonyl (C=O) groups is 1. The Morgan fingerprint density at radius 2 is 2.13 bits per heavy atom. The lowest BCUT2D eigenvalue weighted by Gasteiger charge is -2.13. The molecule has 3 N–H and O–H groups in total. The Hall–Kier alpha value is -2.05. The van der Waals surface area contributed by atoms with Gasteiger partial charge in [0.15, 0.2) is 0 Å². The van der Waals surface area contributed by atoms with Gasteiger partial charge in [0.1, 0.15) is 6.54 Å². The molecule has 0 saturated heterocycles. The van der Waals surface area contributed by atoms with Crippen molar-refractivity contribution >= 4 is 23.2 Å². The Kier molecular flexibility index (Phi) is 6.43. The summed E-state index contributed by atoms with van der Waals surface area (Å²) in [6.07, 6.45) is 4.34. The number of nitrogens with zero attached hydrogens (tertiary/aromatic N) is 2. The molecule has 2 rings (SSSR count). The number of aliphatic hydroxyl groups excluding tert-OH is 1. The summed E-state index contributed by atoms with van der Waals surface area (Å²) in [5.41, 5.74) is 2.06. The first-order chi connectivity index (χ1) is 11.1. The topological polar surface area (TPSA) is 79.2 Å². The molecule has 7 heteroatoms. The zero-order valence-electron chi connectivity index (χ0n) is 13.0. The van der Waals surface area contributed by atoms with Gasteiger partial charge in [-0.15, -0.1) is 0 Å². The molecular weight excluding hydrogens is 316 g/mol. The lowest BCUT2D eigenvalue weighted by Crippen LogP contribution is -2.30. The largest absolute Gasteiger partial charge is 0.395 e. The lowest BCUT2D eigenvalue weighted by molar-refractivity contribution is -0.122. The summed E-state index contributed by atoms with van der Waals surface area (Å²) in [4.78, 5) is 11.6. The number of carbonyl (C=O) groups excluding carboxylic acids is 1. The van der Waals surface area contributed by atoms with Gasteiger partial charge in [0, 0.05) is 23.8 Å². The molecule has 124 valence electrons. The first kappa shape index (κ1) is 17.3. The van der Waals surface area contributed by atoms with Crippen molar-refractivity contribution in [3.05, 3.63) is 47.2 Å². The molecule has 0 saturated carbocycles. The van der Waals surface area contributed by atoms with E-state index in [1.807, 2.05) is 24.3 Å². The van der Waals surface area contributed by atoms with E-state index in [0.717, 1.165) is 17.1 Å². The second-order valence-corrected chi connectivity index (χ2v) is 5.81. The fraction of sp³-hybridized carbons (Fsp3) is 0.375. The van der Waals surface area contributed by atoms with Gasteiger partial charge in [0.05, 0.1) is 18.5 Å². The van der Waals surface area contributed by atoms with Gasteiger partial charge in [0.25, 0.3) is 0 Å². The van der Waals surface area contributed by atoms with Crippen LogP contribution in [0.15, 0.2) is 36.7 Å². The van der Waals surface area contributed by atoms with Crippen molar-refractivity contribution in [2.24, 2.45) is 0 Å². The Morgan fingerprint density at radius 3 is 2.83 bits per heavy atom. The van der Waals surface area contributed by atoms with Gasteiger partial charge in [-0.25, -0.2) is 0 Å². The summed E-state index contributed by atoms with van der Waals surface area (Å²) in [5, 5.41) is 19.5. The second kappa shape index (κ2) is 8.55. The third-order valence-electron chi connectivity index (χ3n) is 3.24. The van der Waals surface area contributed by atoms with Crippen LogP contribution >= 0.6 is 11.6 Å². The zero-order chi connectivity index (χ0) is 16.7. The fourth-order valence-electron chi connectivity index (χ4n) is 2.23. The predicted molar refractivity (Wildman–Crippen MR) is 90.6 cm³/mol. The van der Waals surface area contributed by atoms with E-state index in [9.17, 15) is 4.79 Å². The van der Waals surface area contributed by atoms with Crippen LogP contribution in [0.1, 0.15) is 12.5 Å². The molecule has 1 atom stereocenters. The minimum atomic E-state index is -0.178. The van der Waals surface area contributed by atoms with Crippen LogP contribution < -0.4 is 10.6 Å². The number of hydrogen-bond acceptors (Lipinski definition) is 4. The molecular formula is C16H21ClN4O2. The highest BCUT2D eigenvalue weighted by molar-refractivity contribution is 6.30. The number of aromatic nitrogens is 2. The molecule has 23 heavy (non-hydrogen) atoms. The third-order valence-corrected chi connectivity index (χ3v) is 3.49. The number of anilines is 1. The minimum Gasteiger partial charge on any atom is -0.395 e. The number of halogens is 1. The third kappa shape index (κ3) is 5.92. The summed E-state index contributed by atoms with van der Waals surface area (Å²) < 4.78 is 1.56. The van der Waals surface area contributed by atoms with Crippen molar-refractivity contribution in [1.29, 1.82) is 0 Å². The summed E-state index contributed by atoms with van der Waals surface area (Å²) >= 11 is 5.88. The van der Waals surface area contributed by atoms with Crippen molar-refractivity contribution in [2.75, 3.05) is 18.5 Å². The number of amides is 1. The molecule has 1 amide bonds. The van der Waals surface area contributed by atoms with Crippen LogP contribution in [0.25, 0.3) is 0 Å². The summed E-state index contributed by atoms with van der Waals surface area (Å²) in [6.45, 7) is 2.40. The SMILES string of the molecule is CC(Cc1ccc(Cl)cc1)Nc1cnn(CC(=O)NCCO)c1. The molecule has 0 aliphatic carbocycles. The van der Waals surface area contributed by atoms with Gasteiger partial charge < -0.3 is 15.7 Å². The molecule has 0 aliphatic rings. The molecule has 6 nitrogen and oxygen atoms in total. The quantitative estimate of drug-likeness (QED) is 0.685. The average Bonchev–Trinajstić information content (AvgIpc) is 2.94. The van der Waals surface area contributed by atoms with Crippen LogP contribution in [0.4, 0.5) is 5.69 Å². The maximum absolute atomic E-state index is 11.6. The van der Waals surface area contributed by atoms with E-state index in [0.29, 0.717) is 0 Å². The summed E-state index contributed by atoms with van der Waals surface area (Å²) in [5.74, 6) is -0.178. The molecule has 1 heterocycles. The van der Waals surface area contributed by atoms with Gasteiger partial charge in [-0.3, -0.25) is 9.48 Å². The van der Waals surface area contributed by atoms with E-state index in [4.69, 9.17) is 16.7 Å². The van der Waals surface area contributed by atoms with Crippen molar-refractivity contribution < 1.29 is 9.90 Å². The van der Waals surface area contributed by atoms with Crippen LogP contribution in [0.5, 0.6) is 0 Å². The van der Waals surface area contributed by atoms with Crippen LogP contribution in [-0.4, -0.2) is 40.0 Å².